The van der Waals surface area contributed by atoms with Crippen LogP contribution in [-0.2, 0) is 11.3 Å². The van der Waals surface area contributed by atoms with Crippen LogP contribution in [0.15, 0.2) is 24.3 Å². The van der Waals surface area contributed by atoms with Crippen molar-refractivity contribution >= 4 is 0 Å². The molecular weight excluding hydrogens is 214 g/mol. The lowest BCUT2D eigenvalue weighted by atomic mass is 10.0. The van der Waals surface area contributed by atoms with Crippen LogP contribution in [-0.4, -0.2) is 26.9 Å². The van der Waals surface area contributed by atoms with Gasteiger partial charge >= 0.3 is 0 Å². The van der Waals surface area contributed by atoms with Crippen molar-refractivity contribution in [2.24, 2.45) is 5.92 Å². The van der Waals surface area contributed by atoms with Gasteiger partial charge in [-0.3, -0.25) is 0 Å². The van der Waals surface area contributed by atoms with Crippen molar-refractivity contribution in [1.82, 2.24) is 5.32 Å². The quantitative estimate of drug-likeness (QED) is 0.848. The maximum atomic E-state index is 5.46. The highest BCUT2D eigenvalue weighted by Gasteiger charge is 2.12. The van der Waals surface area contributed by atoms with Crippen molar-refractivity contribution in [2.45, 2.75) is 19.4 Å². The van der Waals surface area contributed by atoms with Crippen LogP contribution in [0.5, 0.6) is 5.75 Å². The molecule has 2 rings (SSSR count). The molecule has 0 bridgehead atoms. The molecule has 1 atom stereocenters. The van der Waals surface area contributed by atoms with Crippen LogP contribution < -0.4 is 10.1 Å². The van der Waals surface area contributed by atoms with E-state index in [1.165, 1.54) is 18.4 Å². The summed E-state index contributed by atoms with van der Waals surface area (Å²) in [4.78, 5) is 0. The fraction of sp³-hybridized carbons (Fsp3) is 0.571. The average Bonchev–Trinajstić information content (AvgIpc) is 2.41. The Kier molecular flexibility index (Phi) is 4.83. The van der Waals surface area contributed by atoms with E-state index in [1.54, 1.807) is 7.11 Å². The van der Waals surface area contributed by atoms with Crippen LogP contribution in [0.3, 0.4) is 0 Å². The Morgan fingerprint density at radius 2 is 2.18 bits per heavy atom. The molecule has 0 amide bonds. The van der Waals surface area contributed by atoms with E-state index in [4.69, 9.17) is 9.47 Å². The van der Waals surface area contributed by atoms with E-state index in [-0.39, 0.29) is 0 Å². The molecule has 94 valence electrons. The molecule has 1 aliphatic rings. The third-order valence-corrected chi connectivity index (χ3v) is 3.18. The summed E-state index contributed by atoms with van der Waals surface area (Å²) in [6.45, 7) is 3.82. The molecule has 1 fully saturated rings. The molecule has 1 saturated heterocycles. The summed E-state index contributed by atoms with van der Waals surface area (Å²) < 4.78 is 10.6. The molecule has 1 aromatic rings. The maximum absolute atomic E-state index is 5.46. The Bertz CT molecular complexity index is 317. The van der Waals surface area contributed by atoms with Crippen molar-refractivity contribution in [3.63, 3.8) is 0 Å². The van der Waals surface area contributed by atoms with Crippen molar-refractivity contribution in [3.8, 4) is 5.75 Å². The Morgan fingerprint density at radius 1 is 1.35 bits per heavy atom. The molecule has 3 nitrogen and oxygen atoms in total. The van der Waals surface area contributed by atoms with Crippen molar-refractivity contribution in [3.05, 3.63) is 29.8 Å². The monoisotopic (exact) mass is 235 g/mol. The molecule has 0 aliphatic carbocycles. The zero-order valence-electron chi connectivity index (χ0n) is 10.4. The summed E-state index contributed by atoms with van der Waals surface area (Å²) in [7, 11) is 1.69. The van der Waals surface area contributed by atoms with Gasteiger partial charge in [0.25, 0.3) is 0 Å². The minimum absolute atomic E-state index is 0.682. The summed E-state index contributed by atoms with van der Waals surface area (Å²) in [5.74, 6) is 1.59. The van der Waals surface area contributed by atoms with E-state index < -0.39 is 0 Å². The summed E-state index contributed by atoms with van der Waals surface area (Å²) in [6, 6.07) is 8.20. The second kappa shape index (κ2) is 6.62. The Morgan fingerprint density at radius 3 is 2.82 bits per heavy atom. The third kappa shape index (κ3) is 4.02. The van der Waals surface area contributed by atoms with E-state index in [0.29, 0.717) is 5.92 Å². The molecule has 0 radical (unpaired) electrons. The first-order chi connectivity index (χ1) is 8.38. The van der Waals surface area contributed by atoms with E-state index in [9.17, 15) is 0 Å². The topological polar surface area (TPSA) is 30.5 Å². The molecule has 1 heterocycles. The third-order valence-electron chi connectivity index (χ3n) is 3.18. The molecule has 1 aromatic carbocycles. The first kappa shape index (κ1) is 12.4. The van der Waals surface area contributed by atoms with Gasteiger partial charge in [0.2, 0.25) is 0 Å². The second-order valence-corrected chi connectivity index (χ2v) is 4.56. The fourth-order valence-electron chi connectivity index (χ4n) is 2.13. The molecular formula is C14H21NO2. The van der Waals surface area contributed by atoms with Gasteiger partial charge in [0.05, 0.1) is 13.7 Å². The lowest BCUT2D eigenvalue weighted by molar-refractivity contribution is 0.0547. The van der Waals surface area contributed by atoms with Crippen LogP contribution in [0.2, 0.25) is 0 Å². The summed E-state index contributed by atoms with van der Waals surface area (Å²) in [5, 5.41) is 3.49. The van der Waals surface area contributed by atoms with E-state index in [1.807, 2.05) is 12.1 Å². The molecule has 1 unspecified atom stereocenters. The van der Waals surface area contributed by atoms with E-state index >= 15 is 0 Å². The summed E-state index contributed by atoms with van der Waals surface area (Å²) in [6.07, 6.45) is 2.49. The predicted octanol–water partition coefficient (Wildman–Crippen LogP) is 2.21. The Labute approximate surface area is 103 Å². The first-order valence-electron chi connectivity index (χ1n) is 6.30. The number of rotatable bonds is 5. The lowest BCUT2D eigenvalue weighted by Gasteiger charge is -2.22. The van der Waals surface area contributed by atoms with Crippen LogP contribution in [0.4, 0.5) is 0 Å². The van der Waals surface area contributed by atoms with E-state index in [2.05, 4.69) is 17.4 Å². The van der Waals surface area contributed by atoms with E-state index in [0.717, 1.165) is 32.1 Å². The Balaban J connectivity index is 1.69. The molecule has 0 aromatic heterocycles. The van der Waals surface area contributed by atoms with Gasteiger partial charge in [-0.1, -0.05) is 12.1 Å². The minimum atomic E-state index is 0.682. The van der Waals surface area contributed by atoms with Gasteiger partial charge < -0.3 is 14.8 Å². The van der Waals surface area contributed by atoms with Crippen molar-refractivity contribution < 1.29 is 9.47 Å². The molecule has 3 heteroatoms. The van der Waals surface area contributed by atoms with Gasteiger partial charge in [0.1, 0.15) is 5.75 Å². The van der Waals surface area contributed by atoms with Gasteiger partial charge in [0.15, 0.2) is 0 Å². The number of hydrogen-bond acceptors (Lipinski definition) is 3. The predicted molar refractivity (Wildman–Crippen MR) is 68.2 cm³/mol. The number of methoxy groups -OCH3 is 1. The molecule has 1 N–H and O–H groups in total. The highest BCUT2D eigenvalue weighted by atomic mass is 16.5. The lowest BCUT2D eigenvalue weighted by Crippen LogP contribution is -2.28. The smallest absolute Gasteiger partial charge is 0.118 e. The van der Waals surface area contributed by atoms with Crippen molar-refractivity contribution in [1.29, 1.82) is 0 Å². The largest absolute Gasteiger partial charge is 0.497 e. The molecule has 0 saturated carbocycles. The number of hydrogen-bond donors (Lipinski definition) is 1. The highest BCUT2D eigenvalue weighted by Crippen LogP contribution is 2.13. The van der Waals surface area contributed by atoms with Crippen LogP contribution in [0.1, 0.15) is 18.4 Å². The summed E-state index contributed by atoms with van der Waals surface area (Å²) >= 11 is 0. The Hall–Kier alpha value is -1.06. The van der Waals surface area contributed by atoms with Gasteiger partial charge in [-0.15, -0.1) is 0 Å². The number of ether oxygens (including phenoxy) is 2. The van der Waals surface area contributed by atoms with Crippen LogP contribution >= 0.6 is 0 Å². The minimum Gasteiger partial charge on any atom is -0.497 e. The summed E-state index contributed by atoms with van der Waals surface area (Å²) in [5.41, 5.74) is 1.29. The second-order valence-electron chi connectivity index (χ2n) is 4.56. The fourth-order valence-corrected chi connectivity index (χ4v) is 2.13. The first-order valence-corrected chi connectivity index (χ1v) is 6.30. The zero-order valence-corrected chi connectivity index (χ0v) is 10.4. The van der Waals surface area contributed by atoms with Gasteiger partial charge in [-0.25, -0.2) is 0 Å². The molecule has 1 aliphatic heterocycles. The van der Waals surface area contributed by atoms with Crippen LogP contribution in [0, 0.1) is 5.92 Å². The van der Waals surface area contributed by atoms with Crippen LogP contribution in [0.25, 0.3) is 0 Å². The van der Waals surface area contributed by atoms with Gasteiger partial charge in [0, 0.05) is 19.7 Å². The normalized spacial score (nSPS) is 20.2. The average molecular weight is 235 g/mol. The SMILES string of the molecule is COc1ccc(CNCC2CCCOC2)cc1. The maximum Gasteiger partial charge on any atom is 0.118 e. The zero-order chi connectivity index (χ0) is 11.9. The van der Waals surface area contributed by atoms with Gasteiger partial charge in [-0.05, 0) is 36.5 Å². The number of benzene rings is 1. The van der Waals surface area contributed by atoms with Crippen molar-refractivity contribution in [2.75, 3.05) is 26.9 Å². The molecule has 17 heavy (non-hydrogen) atoms. The molecule has 0 spiro atoms. The standard InChI is InChI=1S/C14H21NO2/c1-16-14-6-4-12(5-7-14)9-15-10-13-3-2-8-17-11-13/h4-7,13,15H,2-3,8-11H2,1H3. The van der Waals surface area contributed by atoms with Gasteiger partial charge in [-0.2, -0.15) is 0 Å². The number of nitrogens with one attached hydrogen (secondary N) is 1. The highest BCUT2D eigenvalue weighted by molar-refractivity contribution is 5.26.